The maximum absolute atomic E-state index is 13.9. The summed E-state index contributed by atoms with van der Waals surface area (Å²) < 4.78 is 19.0. The number of ether oxygens (including phenoxy) is 1. The Hall–Kier alpha value is -3.09. The van der Waals surface area contributed by atoms with Gasteiger partial charge in [-0.2, -0.15) is 0 Å². The zero-order valence-corrected chi connectivity index (χ0v) is 15.9. The lowest BCUT2D eigenvalue weighted by Gasteiger charge is -2.36. The number of benzene rings is 2. The van der Waals surface area contributed by atoms with Crippen molar-refractivity contribution in [3.05, 3.63) is 59.9 Å². The van der Waals surface area contributed by atoms with Gasteiger partial charge in [-0.1, -0.05) is 24.3 Å². The van der Waals surface area contributed by atoms with Gasteiger partial charge in [-0.3, -0.25) is 4.79 Å². The smallest absolute Gasteiger partial charge is 0.340 e. The molecule has 0 radical (unpaired) electrons. The molecule has 0 spiro atoms. The first-order valence-electron chi connectivity index (χ1n) is 9.37. The monoisotopic (exact) mass is 385 g/mol. The highest BCUT2D eigenvalue weighted by Gasteiger charge is 2.23. The van der Waals surface area contributed by atoms with Gasteiger partial charge in [0.2, 0.25) is 5.91 Å². The minimum absolute atomic E-state index is 0.0631. The van der Waals surface area contributed by atoms with Crippen molar-refractivity contribution in [1.82, 2.24) is 4.90 Å². The normalized spacial score (nSPS) is 13.9. The van der Waals surface area contributed by atoms with Gasteiger partial charge in [0.15, 0.2) is 0 Å². The third-order valence-corrected chi connectivity index (χ3v) is 4.68. The SMILES string of the molecule is CCOC(=O)c1ccccc1NCC(=O)N1CCN(c2ccccc2F)CC1. The van der Waals surface area contributed by atoms with Gasteiger partial charge < -0.3 is 19.9 Å². The average molecular weight is 385 g/mol. The molecule has 1 aliphatic rings. The van der Waals surface area contributed by atoms with E-state index >= 15 is 0 Å². The van der Waals surface area contributed by atoms with Crippen molar-refractivity contribution in [2.75, 3.05) is 49.5 Å². The van der Waals surface area contributed by atoms with Crippen LogP contribution in [0.3, 0.4) is 0 Å². The summed E-state index contributed by atoms with van der Waals surface area (Å²) in [7, 11) is 0. The number of para-hydroxylation sites is 2. The summed E-state index contributed by atoms with van der Waals surface area (Å²) in [6, 6.07) is 13.6. The van der Waals surface area contributed by atoms with Gasteiger partial charge in [-0.05, 0) is 31.2 Å². The van der Waals surface area contributed by atoms with E-state index in [4.69, 9.17) is 4.74 Å². The number of nitrogens with one attached hydrogen (secondary N) is 1. The van der Waals surface area contributed by atoms with Crippen molar-refractivity contribution in [1.29, 1.82) is 0 Å². The van der Waals surface area contributed by atoms with Crippen LogP contribution in [0.4, 0.5) is 15.8 Å². The Morgan fingerprint density at radius 2 is 1.71 bits per heavy atom. The quantitative estimate of drug-likeness (QED) is 0.775. The zero-order valence-electron chi connectivity index (χ0n) is 15.9. The van der Waals surface area contributed by atoms with Crippen LogP contribution in [0, 0.1) is 5.82 Å². The molecule has 1 N–H and O–H groups in total. The highest BCUT2D eigenvalue weighted by atomic mass is 19.1. The predicted octanol–water partition coefficient (Wildman–Crippen LogP) is 2.76. The van der Waals surface area contributed by atoms with E-state index in [9.17, 15) is 14.0 Å². The first-order chi connectivity index (χ1) is 13.6. The second kappa shape index (κ2) is 9.21. The van der Waals surface area contributed by atoms with E-state index in [0.717, 1.165) is 0 Å². The van der Waals surface area contributed by atoms with E-state index in [2.05, 4.69) is 5.32 Å². The zero-order chi connectivity index (χ0) is 19.9. The highest BCUT2D eigenvalue weighted by Crippen LogP contribution is 2.20. The summed E-state index contributed by atoms with van der Waals surface area (Å²) >= 11 is 0. The van der Waals surface area contributed by atoms with Gasteiger partial charge in [0.1, 0.15) is 5.82 Å². The fraction of sp³-hybridized carbons (Fsp3) is 0.333. The number of halogens is 1. The van der Waals surface area contributed by atoms with Crippen LogP contribution in [0.15, 0.2) is 48.5 Å². The fourth-order valence-electron chi connectivity index (χ4n) is 3.21. The number of amides is 1. The molecule has 1 saturated heterocycles. The van der Waals surface area contributed by atoms with Gasteiger partial charge in [-0.25, -0.2) is 9.18 Å². The van der Waals surface area contributed by atoms with Crippen LogP contribution < -0.4 is 10.2 Å². The highest BCUT2D eigenvalue weighted by molar-refractivity contribution is 5.96. The van der Waals surface area contributed by atoms with E-state index in [1.807, 2.05) is 4.90 Å². The maximum Gasteiger partial charge on any atom is 0.340 e. The summed E-state index contributed by atoms with van der Waals surface area (Å²) in [4.78, 5) is 28.3. The fourth-order valence-corrected chi connectivity index (χ4v) is 3.21. The van der Waals surface area contributed by atoms with Gasteiger partial charge >= 0.3 is 5.97 Å². The van der Waals surface area contributed by atoms with Gasteiger partial charge in [0, 0.05) is 31.9 Å². The van der Waals surface area contributed by atoms with Crippen LogP contribution >= 0.6 is 0 Å². The van der Waals surface area contributed by atoms with Crippen LogP contribution in [-0.4, -0.2) is 56.1 Å². The van der Waals surface area contributed by atoms with Crippen LogP contribution in [0.1, 0.15) is 17.3 Å². The van der Waals surface area contributed by atoms with Gasteiger partial charge in [0.05, 0.1) is 24.4 Å². The molecular formula is C21H24FN3O3. The number of hydrogen-bond donors (Lipinski definition) is 1. The molecule has 0 bridgehead atoms. The summed E-state index contributed by atoms with van der Waals surface area (Å²) in [6.07, 6.45) is 0. The van der Waals surface area contributed by atoms with E-state index in [1.54, 1.807) is 54.3 Å². The third kappa shape index (κ3) is 4.60. The Labute approximate surface area is 163 Å². The van der Waals surface area contributed by atoms with Crippen LogP contribution in [0.2, 0.25) is 0 Å². The van der Waals surface area contributed by atoms with Crippen LogP contribution in [0.5, 0.6) is 0 Å². The Morgan fingerprint density at radius 1 is 1.04 bits per heavy atom. The first-order valence-corrected chi connectivity index (χ1v) is 9.37. The molecule has 3 rings (SSSR count). The standard InChI is InChI=1S/C21H24FN3O3/c1-2-28-21(27)16-7-3-5-9-18(16)23-15-20(26)25-13-11-24(12-14-25)19-10-6-4-8-17(19)22/h3-10,23H,2,11-15H2,1H3. The first kappa shape index (κ1) is 19.7. The Kier molecular flexibility index (Phi) is 6.47. The Balaban J connectivity index is 1.55. The van der Waals surface area contributed by atoms with E-state index in [-0.39, 0.29) is 18.3 Å². The Bertz CT molecular complexity index is 835. The van der Waals surface area contributed by atoms with E-state index in [0.29, 0.717) is 49.7 Å². The number of nitrogens with zero attached hydrogens (tertiary/aromatic N) is 2. The van der Waals surface area contributed by atoms with E-state index < -0.39 is 5.97 Å². The van der Waals surface area contributed by atoms with E-state index in [1.165, 1.54) is 6.07 Å². The van der Waals surface area contributed by atoms with Crippen molar-refractivity contribution in [2.24, 2.45) is 0 Å². The number of carbonyl (C=O) groups excluding carboxylic acids is 2. The summed E-state index contributed by atoms with van der Waals surface area (Å²) in [5.41, 5.74) is 1.54. The van der Waals surface area contributed by atoms with Crippen LogP contribution in [-0.2, 0) is 9.53 Å². The molecule has 1 fully saturated rings. The molecular weight excluding hydrogens is 361 g/mol. The molecule has 0 aromatic heterocycles. The number of anilines is 2. The average Bonchev–Trinajstić information content (AvgIpc) is 2.73. The lowest BCUT2D eigenvalue weighted by atomic mass is 10.2. The minimum Gasteiger partial charge on any atom is -0.462 e. The largest absolute Gasteiger partial charge is 0.462 e. The van der Waals surface area contributed by atoms with Crippen LogP contribution in [0.25, 0.3) is 0 Å². The van der Waals surface area contributed by atoms with Gasteiger partial charge in [-0.15, -0.1) is 0 Å². The lowest BCUT2D eigenvalue weighted by molar-refractivity contribution is -0.129. The number of carbonyl (C=O) groups is 2. The maximum atomic E-state index is 13.9. The molecule has 6 nitrogen and oxygen atoms in total. The van der Waals surface area contributed by atoms with Crippen molar-refractivity contribution in [3.63, 3.8) is 0 Å². The summed E-state index contributed by atoms with van der Waals surface area (Å²) in [5.74, 6) is -0.733. The lowest BCUT2D eigenvalue weighted by Crippen LogP contribution is -2.50. The Morgan fingerprint density at radius 3 is 2.43 bits per heavy atom. The van der Waals surface area contributed by atoms with Crippen molar-refractivity contribution in [3.8, 4) is 0 Å². The molecule has 1 heterocycles. The second-order valence-electron chi connectivity index (χ2n) is 6.44. The molecule has 0 unspecified atom stereocenters. The predicted molar refractivity (Wildman–Crippen MR) is 106 cm³/mol. The molecule has 0 atom stereocenters. The van der Waals surface area contributed by atoms with Gasteiger partial charge in [0.25, 0.3) is 0 Å². The molecule has 0 saturated carbocycles. The topological polar surface area (TPSA) is 61.9 Å². The van der Waals surface area contributed by atoms with Crippen molar-refractivity contribution in [2.45, 2.75) is 6.92 Å². The number of hydrogen-bond acceptors (Lipinski definition) is 5. The molecule has 148 valence electrons. The molecule has 1 aliphatic heterocycles. The second-order valence-corrected chi connectivity index (χ2v) is 6.44. The number of rotatable bonds is 6. The summed E-state index contributed by atoms with van der Waals surface area (Å²) in [6.45, 7) is 4.31. The molecule has 7 heteroatoms. The third-order valence-electron chi connectivity index (χ3n) is 4.68. The molecule has 2 aromatic carbocycles. The minimum atomic E-state index is -0.420. The number of piperazine rings is 1. The number of esters is 1. The molecule has 1 amide bonds. The van der Waals surface area contributed by atoms with Crippen molar-refractivity contribution < 1.29 is 18.7 Å². The molecule has 2 aromatic rings. The molecule has 28 heavy (non-hydrogen) atoms. The summed E-state index contributed by atoms with van der Waals surface area (Å²) in [5, 5.41) is 3.04. The molecule has 0 aliphatic carbocycles. The van der Waals surface area contributed by atoms with Crippen molar-refractivity contribution >= 4 is 23.3 Å².